The maximum absolute atomic E-state index is 11.4. The lowest BCUT2D eigenvalue weighted by molar-refractivity contribution is 0.0586. The van der Waals surface area contributed by atoms with Crippen molar-refractivity contribution in [2.45, 2.75) is 13.5 Å². The summed E-state index contributed by atoms with van der Waals surface area (Å²) in [6.45, 7) is 2.21. The topological polar surface area (TPSA) is 119 Å². The van der Waals surface area contributed by atoms with Gasteiger partial charge in [-0.3, -0.25) is 5.10 Å². The fourth-order valence-corrected chi connectivity index (χ4v) is 1.49. The number of H-pyrrole nitrogens is 1. The number of hydrogen-bond donors (Lipinski definition) is 3. The van der Waals surface area contributed by atoms with E-state index in [2.05, 4.69) is 30.2 Å². The molecule has 0 aromatic carbocycles. The molecule has 0 saturated carbocycles. The van der Waals surface area contributed by atoms with E-state index in [1.807, 2.05) is 0 Å². The minimum atomic E-state index is -0.574. The number of aryl methyl sites for hydroxylation is 1. The van der Waals surface area contributed by atoms with E-state index in [1.54, 1.807) is 19.2 Å². The number of hydrogen-bond acceptors (Lipinski definition) is 7. The Morgan fingerprint density at radius 3 is 2.95 bits per heavy atom. The third-order valence-electron chi connectivity index (χ3n) is 2.43. The van der Waals surface area contributed by atoms with Crippen molar-refractivity contribution in [2.24, 2.45) is 0 Å². The highest BCUT2D eigenvalue weighted by Gasteiger charge is 2.11. The zero-order chi connectivity index (χ0) is 13.8. The van der Waals surface area contributed by atoms with Crippen molar-refractivity contribution < 1.29 is 9.53 Å². The highest BCUT2D eigenvalue weighted by atomic mass is 16.5. The number of aromatic amines is 1. The molecule has 0 aliphatic rings. The van der Waals surface area contributed by atoms with Crippen molar-refractivity contribution in [2.75, 3.05) is 18.2 Å². The summed E-state index contributed by atoms with van der Waals surface area (Å²) in [5, 5.41) is 9.50. The van der Waals surface area contributed by atoms with Gasteiger partial charge in [0.05, 0.1) is 13.3 Å². The minimum absolute atomic E-state index is 0.0187. The normalized spacial score (nSPS) is 10.2. The first-order chi connectivity index (χ1) is 9.10. The van der Waals surface area contributed by atoms with Gasteiger partial charge >= 0.3 is 5.97 Å². The second-order valence-corrected chi connectivity index (χ2v) is 3.87. The van der Waals surface area contributed by atoms with Gasteiger partial charge < -0.3 is 15.8 Å². The average molecular weight is 262 g/mol. The van der Waals surface area contributed by atoms with E-state index in [0.29, 0.717) is 23.9 Å². The van der Waals surface area contributed by atoms with Crippen LogP contribution < -0.4 is 11.1 Å². The van der Waals surface area contributed by atoms with Crippen LogP contribution in [0.5, 0.6) is 0 Å². The number of carbonyl (C=O) groups is 1. The van der Waals surface area contributed by atoms with Crippen molar-refractivity contribution in [3.8, 4) is 0 Å². The van der Waals surface area contributed by atoms with Crippen LogP contribution in [0.15, 0.2) is 12.3 Å². The molecule has 0 radical (unpaired) electrons. The van der Waals surface area contributed by atoms with Gasteiger partial charge in [-0.15, -0.1) is 0 Å². The highest BCUT2D eigenvalue weighted by molar-refractivity contribution is 5.85. The second-order valence-electron chi connectivity index (χ2n) is 3.87. The molecule has 0 spiro atoms. The van der Waals surface area contributed by atoms with Gasteiger partial charge in [0.2, 0.25) is 5.82 Å². The lowest BCUT2D eigenvalue weighted by Gasteiger charge is -2.07. The fourth-order valence-electron chi connectivity index (χ4n) is 1.49. The largest absolute Gasteiger partial charge is 0.463 e. The Morgan fingerprint density at radius 2 is 2.32 bits per heavy atom. The van der Waals surface area contributed by atoms with E-state index in [4.69, 9.17) is 5.73 Å². The lowest BCUT2D eigenvalue weighted by Crippen LogP contribution is -2.11. The number of aromatic nitrogens is 4. The molecule has 2 aromatic heterocycles. The number of carbonyl (C=O) groups excluding carboxylic acids is 1. The van der Waals surface area contributed by atoms with Gasteiger partial charge in [0, 0.05) is 23.9 Å². The number of nitrogens with one attached hydrogen (secondary N) is 2. The molecule has 100 valence electrons. The number of nitrogens with zero attached hydrogens (tertiary/aromatic N) is 3. The zero-order valence-corrected chi connectivity index (χ0v) is 10.6. The summed E-state index contributed by atoms with van der Waals surface area (Å²) in [6, 6.07) is 1.72. The van der Waals surface area contributed by atoms with Gasteiger partial charge in [0.15, 0.2) is 0 Å². The third kappa shape index (κ3) is 2.97. The summed E-state index contributed by atoms with van der Waals surface area (Å²) in [6.07, 6.45) is 1.62. The Kier molecular flexibility index (Phi) is 3.60. The lowest BCUT2D eigenvalue weighted by atomic mass is 10.3. The molecule has 2 aromatic rings. The molecule has 8 nitrogen and oxygen atoms in total. The predicted molar refractivity (Wildman–Crippen MR) is 68.4 cm³/mol. The smallest absolute Gasteiger partial charge is 0.376 e. The van der Waals surface area contributed by atoms with Gasteiger partial charge in [0.1, 0.15) is 11.6 Å². The zero-order valence-electron chi connectivity index (χ0n) is 10.6. The minimum Gasteiger partial charge on any atom is -0.463 e. The molecule has 0 aliphatic heterocycles. The van der Waals surface area contributed by atoms with Crippen molar-refractivity contribution in [3.05, 3.63) is 29.3 Å². The fraction of sp³-hybridized carbons (Fsp3) is 0.273. The van der Waals surface area contributed by atoms with Crippen LogP contribution in [0.25, 0.3) is 0 Å². The van der Waals surface area contributed by atoms with Gasteiger partial charge in [0.25, 0.3) is 0 Å². The number of nitrogens with two attached hydrogens (primary N) is 1. The Hall–Kier alpha value is -2.64. The molecule has 4 N–H and O–H groups in total. The number of rotatable bonds is 4. The maximum Gasteiger partial charge on any atom is 0.376 e. The van der Waals surface area contributed by atoms with Gasteiger partial charge in [-0.05, 0) is 6.92 Å². The Labute approximate surface area is 109 Å². The van der Waals surface area contributed by atoms with Crippen LogP contribution in [-0.4, -0.2) is 33.2 Å². The van der Waals surface area contributed by atoms with Gasteiger partial charge in [-0.2, -0.15) is 5.10 Å². The van der Waals surface area contributed by atoms with Crippen LogP contribution in [0.1, 0.15) is 21.9 Å². The number of esters is 1. The summed E-state index contributed by atoms with van der Waals surface area (Å²) in [4.78, 5) is 19.5. The standard InChI is InChI=1S/C11H14N6O2/c1-6-3-8(16-10(15-6)11(18)19-2)13-4-7-5-14-17-9(7)12/h3,5H,4H2,1-2H3,(H3,12,14,17)(H,13,15,16). The van der Waals surface area contributed by atoms with E-state index >= 15 is 0 Å². The second kappa shape index (κ2) is 5.34. The first-order valence-corrected chi connectivity index (χ1v) is 5.55. The van der Waals surface area contributed by atoms with Crippen LogP contribution in [0.4, 0.5) is 11.6 Å². The Bertz CT molecular complexity index is 595. The van der Waals surface area contributed by atoms with E-state index in [1.165, 1.54) is 7.11 Å². The summed E-state index contributed by atoms with van der Waals surface area (Å²) in [5.41, 5.74) is 7.15. The van der Waals surface area contributed by atoms with E-state index in [9.17, 15) is 4.79 Å². The SMILES string of the molecule is COC(=O)c1nc(C)cc(NCc2cn[nH]c2N)n1. The molecule has 0 amide bonds. The Balaban J connectivity index is 2.14. The monoisotopic (exact) mass is 262 g/mol. The van der Waals surface area contributed by atoms with Gasteiger partial charge in [-0.1, -0.05) is 0 Å². The number of anilines is 2. The molecule has 8 heteroatoms. The average Bonchev–Trinajstić information content (AvgIpc) is 2.80. The van der Waals surface area contributed by atoms with Crippen molar-refractivity contribution in [3.63, 3.8) is 0 Å². The molecule has 0 bridgehead atoms. The molecule has 2 heterocycles. The van der Waals surface area contributed by atoms with Crippen LogP contribution in [0, 0.1) is 6.92 Å². The van der Waals surface area contributed by atoms with Crippen LogP contribution in [-0.2, 0) is 11.3 Å². The van der Waals surface area contributed by atoms with Crippen LogP contribution >= 0.6 is 0 Å². The molecule has 0 unspecified atom stereocenters. The first-order valence-electron chi connectivity index (χ1n) is 5.55. The summed E-state index contributed by atoms with van der Waals surface area (Å²) >= 11 is 0. The summed E-state index contributed by atoms with van der Waals surface area (Å²) in [5.74, 6) is 0.458. The van der Waals surface area contributed by atoms with Crippen molar-refractivity contribution in [1.82, 2.24) is 20.2 Å². The molecule has 0 fully saturated rings. The first kappa shape index (κ1) is 12.8. The summed E-state index contributed by atoms with van der Waals surface area (Å²) in [7, 11) is 1.29. The molecule has 19 heavy (non-hydrogen) atoms. The third-order valence-corrected chi connectivity index (χ3v) is 2.43. The van der Waals surface area contributed by atoms with Crippen LogP contribution in [0.3, 0.4) is 0 Å². The summed E-state index contributed by atoms with van der Waals surface area (Å²) < 4.78 is 4.59. The maximum atomic E-state index is 11.4. The van der Waals surface area contributed by atoms with E-state index < -0.39 is 5.97 Å². The quantitative estimate of drug-likeness (QED) is 0.686. The molecular weight excluding hydrogens is 248 g/mol. The molecular formula is C11H14N6O2. The molecule has 0 saturated heterocycles. The van der Waals surface area contributed by atoms with Crippen molar-refractivity contribution in [1.29, 1.82) is 0 Å². The van der Waals surface area contributed by atoms with Gasteiger partial charge in [-0.25, -0.2) is 14.8 Å². The predicted octanol–water partition coefficient (Wildman–Crippen LogP) is 0.489. The van der Waals surface area contributed by atoms with E-state index in [0.717, 1.165) is 5.56 Å². The number of ether oxygens (including phenoxy) is 1. The van der Waals surface area contributed by atoms with E-state index in [-0.39, 0.29) is 5.82 Å². The van der Waals surface area contributed by atoms with Crippen LogP contribution in [0.2, 0.25) is 0 Å². The molecule has 0 atom stereocenters. The van der Waals surface area contributed by atoms with Crippen molar-refractivity contribution >= 4 is 17.6 Å². The molecule has 2 rings (SSSR count). The molecule has 0 aliphatic carbocycles. The number of nitrogen functional groups attached to an aromatic ring is 1. The highest BCUT2D eigenvalue weighted by Crippen LogP contribution is 2.11. The Morgan fingerprint density at radius 1 is 1.53 bits per heavy atom. The number of methoxy groups -OCH3 is 1.